The van der Waals surface area contributed by atoms with E-state index in [2.05, 4.69) is 15.5 Å². The lowest BCUT2D eigenvalue weighted by molar-refractivity contribution is 0.0697. The maximum absolute atomic E-state index is 11.0. The first-order valence-corrected chi connectivity index (χ1v) is 6.77. The number of hydrazone groups is 1. The van der Waals surface area contributed by atoms with Gasteiger partial charge in [0.15, 0.2) is 5.13 Å². The van der Waals surface area contributed by atoms with Gasteiger partial charge in [0.1, 0.15) is 0 Å². The number of nitrogen functional groups attached to an aromatic ring is 1. The third kappa shape index (κ3) is 3.25. The number of benzene rings is 1. The van der Waals surface area contributed by atoms with Crippen LogP contribution < -0.4 is 11.2 Å². The Morgan fingerprint density at radius 1 is 1.55 bits per heavy atom. The van der Waals surface area contributed by atoms with Gasteiger partial charge in [0.25, 0.3) is 0 Å². The molecule has 104 valence electrons. The summed E-state index contributed by atoms with van der Waals surface area (Å²) in [5, 5.41) is 15.5. The Bertz CT molecular complexity index is 684. The first-order valence-electron chi connectivity index (χ1n) is 5.52. The Morgan fingerprint density at radius 2 is 2.30 bits per heavy atom. The third-order valence-electron chi connectivity index (χ3n) is 2.44. The van der Waals surface area contributed by atoms with Crippen molar-refractivity contribution in [3.05, 3.63) is 39.9 Å². The van der Waals surface area contributed by atoms with Gasteiger partial charge in [0.05, 0.1) is 27.7 Å². The van der Waals surface area contributed by atoms with Crippen molar-refractivity contribution in [2.45, 2.75) is 6.92 Å². The molecular weight excluding hydrogens is 300 g/mol. The van der Waals surface area contributed by atoms with E-state index < -0.39 is 5.97 Å². The van der Waals surface area contributed by atoms with Crippen molar-refractivity contribution in [1.29, 1.82) is 0 Å². The molecule has 0 saturated heterocycles. The number of aromatic nitrogens is 1. The topological polar surface area (TPSA) is 101 Å². The minimum atomic E-state index is -1.09. The molecule has 0 aliphatic heterocycles. The number of thiazole rings is 1. The molecule has 1 aromatic carbocycles. The highest BCUT2D eigenvalue weighted by molar-refractivity contribution is 7.13. The van der Waals surface area contributed by atoms with Gasteiger partial charge < -0.3 is 10.8 Å². The fourth-order valence-corrected chi connectivity index (χ4v) is 2.22. The summed E-state index contributed by atoms with van der Waals surface area (Å²) in [6.45, 7) is 1.77. The van der Waals surface area contributed by atoms with Crippen LogP contribution in [0.1, 0.15) is 23.0 Å². The van der Waals surface area contributed by atoms with Crippen LogP contribution in [-0.2, 0) is 0 Å². The Labute approximate surface area is 123 Å². The largest absolute Gasteiger partial charge is 0.478 e. The Kier molecular flexibility index (Phi) is 4.21. The minimum absolute atomic E-state index is 0.0161. The highest BCUT2D eigenvalue weighted by atomic mass is 35.5. The SMILES string of the molecule is C/C(=N\Nc1ccc(Cl)c(C(=O)O)c1)c1csc(N)n1. The maximum Gasteiger partial charge on any atom is 0.337 e. The lowest BCUT2D eigenvalue weighted by Crippen LogP contribution is -2.02. The Balaban J connectivity index is 2.18. The Hall–Kier alpha value is -2.12. The predicted molar refractivity (Wildman–Crippen MR) is 80.8 cm³/mol. The molecule has 8 heteroatoms. The number of carboxylic acid groups (broad SMARTS) is 1. The number of anilines is 2. The number of carbonyl (C=O) groups is 1. The fourth-order valence-electron chi connectivity index (χ4n) is 1.42. The molecule has 6 nitrogen and oxygen atoms in total. The van der Waals surface area contributed by atoms with Crippen LogP contribution in [0, 0.1) is 0 Å². The number of halogens is 1. The molecule has 0 spiro atoms. The molecule has 0 aliphatic rings. The number of nitrogens with two attached hydrogens (primary N) is 1. The van der Waals surface area contributed by atoms with Crippen LogP contribution in [0.2, 0.25) is 5.02 Å². The van der Waals surface area contributed by atoms with Crippen LogP contribution in [0.25, 0.3) is 0 Å². The maximum atomic E-state index is 11.0. The first-order chi connectivity index (χ1) is 9.47. The highest BCUT2D eigenvalue weighted by Gasteiger charge is 2.09. The monoisotopic (exact) mass is 310 g/mol. The minimum Gasteiger partial charge on any atom is -0.478 e. The molecule has 2 aromatic rings. The second kappa shape index (κ2) is 5.89. The third-order valence-corrected chi connectivity index (χ3v) is 3.45. The van der Waals surface area contributed by atoms with Crippen molar-refractivity contribution in [3.8, 4) is 0 Å². The zero-order chi connectivity index (χ0) is 14.7. The summed E-state index contributed by atoms with van der Waals surface area (Å²) in [7, 11) is 0. The molecule has 0 aliphatic carbocycles. The quantitative estimate of drug-likeness (QED) is 0.595. The summed E-state index contributed by atoms with van der Waals surface area (Å²) >= 11 is 7.11. The molecule has 1 heterocycles. The average molecular weight is 311 g/mol. The summed E-state index contributed by atoms with van der Waals surface area (Å²) in [4.78, 5) is 15.1. The highest BCUT2D eigenvalue weighted by Crippen LogP contribution is 2.21. The van der Waals surface area contributed by atoms with Crippen molar-refractivity contribution < 1.29 is 9.90 Å². The molecule has 1 aromatic heterocycles. The molecule has 20 heavy (non-hydrogen) atoms. The number of carboxylic acids is 1. The van der Waals surface area contributed by atoms with Crippen molar-refractivity contribution in [1.82, 2.24) is 4.98 Å². The molecule has 0 atom stereocenters. The lowest BCUT2D eigenvalue weighted by Gasteiger charge is -2.04. The smallest absolute Gasteiger partial charge is 0.337 e. The van der Waals surface area contributed by atoms with Gasteiger partial charge in [-0.1, -0.05) is 11.6 Å². The van der Waals surface area contributed by atoms with Gasteiger partial charge in [0.2, 0.25) is 0 Å². The van der Waals surface area contributed by atoms with Crippen LogP contribution in [0.3, 0.4) is 0 Å². The van der Waals surface area contributed by atoms with E-state index in [1.807, 2.05) is 0 Å². The molecule has 0 fully saturated rings. The van der Waals surface area contributed by atoms with Gasteiger partial charge in [0, 0.05) is 5.38 Å². The van der Waals surface area contributed by atoms with E-state index in [1.165, 1.54) is 23.5 Å². The van der Waals surface area contributed by atoms with Crippen LogP contribution in [0.5, 0.6) is 0 Å². The van der Waals surface area contributed by atoms with Gasteiger partial charge in [-0.3, -0.25) is 5.43 Å². The van der Waals surface area contributed by atoms with Crippen LogP contribution in [-0.4, -0.2) is 21.8 Å². The summed E-state index contributed by atoms with van der Waals surface area (Å²) in [6.07, 6.45) is 0. The normalized spacial score (nSPS) is 11.4. The van der Waals surface area contributed by atoms with Crippen LogP contribution >= 0.6 is 22.9 Å². The van der Waals surface area contributed by atoms with E-state index in [9.17, 15) is 4.79 Å². The van der Waals surface area contributed by atoms with Crippen molar-refractivity contribution >= 4 is 45.4 Å². The average Bonchev–Trinajstić information content (AvgIpc) is 2.84. The van der Waals surface area contributed by atoms with E-state index >= 15 is 0 Å². The van der Waals surface area contributed by atoms with Crippen molar-refractivity contribution in [2.75, 3.05) is 11.2 Å². The number of aromatic carboxylic acids is 1. The molecule has 0 amide bonds. The molecule has 0 unspecified atom stereocenters. The van der Waals surface area contributed by atoms with Crippen molar-refractivity contribution in [2.24, 2.45) is 5.10 Å². The van der Waals surface area contributed by atoms with Crippen LogP contribution in [0.4, 0.5) is 10.8 Å². The second-order valence-electron chi connectivity index (χ2n) is 3.88. The standard InChI is InChI=1S/C12H11ClN4O2S/c1-6(10-5-20-12(14)15-10)16-17-7-2-3-9(13)8(4-7)11(18)19/h2-5,17H,1H3,(H2,14,15)(H,18,19)/b16-6+. The lowest BCUT2D eigenvalue weighted by atomic mass is 10.2. The number of hydrogen-bond donors (Lipinski definition) is 3. The number of hydrogen-bond acceptors (Lipinski definition) is 6. The van der Waals surface area contributed by atoms with E-state index in [0.29, 0.717) is 22.2 Å². The molecule has 2 rings (SSSR count). The summed E-state index contributed by atoms with van der Waals surface area (Å²) < 4.78 is 0. The van der Waals surface area contributed by atoms with Gasteiger partial charge in [-0.15, -0.1) is 11.3 Å². The Morgan fingerprint density at radius 3 is 2.90 bits per heavy atom. The number of rotatable bonds is 4. The van der Waals surface area contributed by atoms with Gasteiger partial charge in [-0.2, -0.15) is 5.10 Å². The van der Waals surface area contributed by atoms with E-state index in [-0.39, 0.29) is 10.6 Å². The molecule has 0 radical (unpaired) electrons. The molecule has 0 saturated carbocycles. The second-order valence-corrected chi connectivity index (χ2v) is 5.18. The summed E-state index contributed by atoms with van der Waals surface area (Å²) in [6, 6.07) is 4.55. The predicted octanol–water partition coefficient (Wildman–Crippen LogP) is 2.91. The van der Waals surface area contributed by atoms with Gasteiger partial charge >= 0.3 is 5.97 Å². The van der Waals surface area contributed by atoms with Gasteiger partial charge in [-0.05, 0) is 25.1 Å². The van der Waals surface area contributed by atoms with Crippen molar-refractivity contribution in [3.63, 3.8) is 0 Å². The molecular formula is C12H11ClN4O2S. The van der Waals surface area contributed by atoms with Gasteiger partial charge in [-0.25, -0.2) is 9.78 Å². The zero-order valence-electron chi connectivity index (χ0n) is 10.4. The molecule has 0 bridgehead atoms. The number of nitrogens with zero attached hydrogens (tertiary/aromatic N) is 2. The molecule has 4 N–H and O–H groups in total. The fraction of sp³-hybridized carbons (Fsp3) is 0.0833. The number of nitrogens with one attached hydrogen (secondary N) is 1. The van der Waals surface area contributed by atoms with E-state index in [1.54, 1.807) is 18.4 Å². The summed E-state index contributed by atoms with van der Waals surface area (Å²) in [5.41, 5.74) is 10.2. The van der Waals surface area contributed by atoms with E-state index in [4.69, 9.17) is 22.4 Å². The zero-order valence-corrected chi connectivity index (χ0v) is 12.0. The summed E-state index contributed by atoms with van der Waals surface area (Å²) in [5.74, 6) is -1.09. The first kappa shape index (κ1) is 14.3. The van der Waals surface area contributed by atoms with E-state index in [0.717, 1.165) is 0 Å². The van der Waals surface area contributed by atoms with Crippen LogP contribution in [0.15, 0.2) is 28.7 Å².